The van der Waals surface area contributed by atoms with E-state index in [1.54, 1.807) is 12.1 Å². The molecule has 0 heterocycles. The van der Waals surface area contributed by atoms with E-state index < -0.39 is 0 Å². The minimum atomic E-state index is 0.104. The van der Waals surface area contributed by atoms with Crippen LogP contribution in [0.15, 0.2) is 29.4 Å². The monoisotopic (exact) mass is 277 g/mol. The summed E-state index contributed by atoms with van der Waals surface area (Å²) in [5.74, 6) is 0.894. The molecule has 1 saturated carbocycles. The summed E-state index contributed by atoms with van der Waals surface area (Å²) in [6.45, 7) is 4.84. The van der Waals surface area contributed by atoms with E-state index in [-0.39, 0.29) is 5.84 Å². The van der Waals surface area contributed by atoms with Crippen molar-refractivity contribution < 1.29 is 9.94 Å². The van der Waals surface area contributed by atoms with Crippen LogP contribution in [0.5, 0.6) is 5.75 Å². The van der Waals surface area contributed by atoms with Crippen LogP contribution in [0, 0.1) is 5.41 Å². The van der Waals surface area contributed by atoms with E-state index in [1.165, 1.54) is 19.3 Å². The van der Waals surface area contributed by atoms with Gasteiger partial charge in [-0.05, 0) is 48.9 Å². The lowest BCUT2D eigenvalue weighted by molar-refractivity contribution is 0.305. The highest BCUT2D eigenvalue weighted by atomic mass is 16.5. The zero-order valence-electron chi connectivity index (χ0n) is 11.9. The van der Waals surface area contributed by atoms with Gasteiger partial charge in [-0.3, -0.25) is 0 Å². The van der Waals surface area contributed by atoms with Crippen molar-refractivity contribution >= 4 is 5.84 Å². The van der Waals surface area contributed by atoms with Crippen LogP contribution in [-0.2, 0) is 0 Å². The fraction of sp³-hybridized carbons (Fsp3) is 0.533. The first-order chi connectivity index (χ1) is 9.69. The lowest BCUT2D eigenvalue weighted by Crippen LogP contribution is -2.27. The smallest absolute Gasteiger partial charge is 0.170 e. The van der Waals surface area contributed by atoms with Gasteiger partial charge in [-0.2, -0.15) is 0 Å². The van der Waals surface area contributed by atoms with Gasteiger partial charge in [0.05, 0.1) is 0 Å². The number of nitrogens with one attached hydrogen (secondary N) is 1. The normalized spacial score (nSPS) is 16.9. The highest BCUT2D eigenvalue weighted by Gasteiger charge is 2.39. The van der Waals surface area contributed by atoms with Crippen molar-refractivity contribution in [2.45, 2.75) is 26.2 Å². The Kier molecular flexibility index (Phi) is 4.84. The molecule has 0 radical (unpaired) electrons. The fourth-order valence-corrected chi connectivity index (χ4v) is 2.21. The van der Waals surface area contributed by atoms with E-state index in [2.05, 4.69) is 17.4 Å². The molecule has 0 aromatic heterocycles. The first kappa shape index (κ1) is 14.7. The van der Waals surface area contributed by atoms with Crippen molar-refractivity contribution in [2.75, 3.05) is 19.7 Å². The lowest BCUT2D eigenvalue weighted by Gasteiger charge is -2.13. The number of hydrogen-bond acceptors (Lipinski definition) is 4. The highest BCUT2D eigenvalue weighted by molar-refractivity contribution is 5.97. The van der Waals surface area contributed by atoms with Crippen molar-refractivity contribution in [2.24, 2.45) is 16.3 Å². The van der Waals surface area contributed by atoms with Crippen molar-refractivity contribution in [1.29, 1.82) is 0 Å². The van der Waals surface area contributed by atoms with Crippen molar-refractivity contribution in [3.63, 3.8) is 0 Å². The van der Waals surface area contributed by atoms with Crippen LogP contribution in [0.4, 0.5) is 0 Å². The SMILES string of the molecule is CCC1(CNCCOc2ccc(/C(N)=N/O)cc2)CC1. The van der Waals surface area contributed by atoms with Crippen molar-refractivity contribution in [3.05, 3.63) is 29.8 Å². The predicted molar refractivity (Wildman–Crippen MR) is 79.3 cm³/mol. The molecule has 110 valence electrons. The molecule has 1 aliphatic rings. The summed E-state index contributed by atoms with van der Waals surface area (Å²) in [4.78, 5) is 0. The average molecular weight is 277 g/mol. The molecular formula is C15H23N3O2. The number of amidine groups is 1. The summed E-state index contributed by atoms with van der Waals surface area (Å²) >= 11 is 0. The van der Waals surface area contributed by atoms with Crippen LogP contribution in [0.3, 0.4) is 0 Å². The van der Waals surface area contributed by atoms with E-state index in [4.69, 9.17) is 15.7 Å². The van der Waals surface area contributed by atoms with E-state index in [0.717, 1.165) is 18.8 Å². The summed E-state index contributed by atoms with van der Waals surface area (Å²) in [5, 5.41) is 15.0. The van der Waals surface area contributed by atoms with Crippen LogP contribution in [0.1, 0.15) is 31.7 Å². The molecule has 4 N–H and O–H groups in total. The second-order valence-corrected chi connectivity index (χ2v) is 5.39. The Bertz CT molecular complexity index is 453. The summed E-state index contributed by atoms with van der Waals surface area (Å²) in [7, 11) is 0. The lowest BCUT2D eigenvalue weighted by atomic mass is 10.0. The Labute approximate surface area is 119 Å². The Morgan fingerprint density at radius 2 is 2.10 bits per heavy atom. The maximum atomic E-state index is 8.57. The summed E-state index contributed by atoms with van der Waals surface area (Å²) in [6.07, 6.45) is 3.97. The number of benzene rings is 1. The number of nitrogens with zero attached hydrogens (tertiary/aromatic N) is 1. The van der Waals surface area contributed by atoms with Crippen LogP contribution in [0.2, 0.25) is 0 Å². The predicted octanol–water partition coefficient (Wildman–Crippen LogP) is 1.94. The molecule has 0 unspecified atom stereocenters. The maximum absolute atomic E-state index is 8.57. The number of oxime groups is 1. The van der Waals surface area contributed by atoms with Crippen LogP contribution in [-0.4, -0.2) is 30.7 Å². The fourth-order valence-electron chi connectivity index (χ4n) is 2.21. The van der Waals surface area contributed by atoms with Gasteiger partial charge in [-0.1, -0.05) is 12.1 Å². The van der Waals surface area contributed by atoms with Crippen molar-refractivity contribution in [3.8, 4) is 5.75 Å². The van der Waals surface area contributed by atoms with Gasteiger partial charge in [0.15, 0.2) is 5.84 Å². The summed E-state index contributed by atoms with van der Waals surface area (Å²) < 4.78 is 5.64. The molecule has 5 heteroatoms. The molecule has 1 aliphatic carbocycles. The van der Waals surface area contributed by atoms with Gasteiger partial charge >= 0.3 is 0 Å². The first-order valence-corrected chi connectivity index (χ1v) is 7.10. The van der Waals surface area contributed by atoms with Gasteiger partial charge in [0.1, 0.15) is 12.4 Å². The van der Waals surface area contributed by atoms with Gasteiger partial charge in [-0.25, -0.2) is 0 Å². The number of ether oxygens (including phenoxy) is 1. The van der Waals surface area contributed by atoms with Crippen LogP contribution >= 0.6 is 0 Å². The Morgan fingerprint density at radius 1 is 1.40 bits per heavy atom. The maximum Gasteiger partial charge on any atom is 0.170 e. The third kappa shape index (κ3) is 3.87. The average Bonchev–Trinajstić information content (AvgIpc) is 3.27. The number of rotatable bonds is 8. The zero-order chi connectivity index (χ0) is 14.4. The number of hydrogen-bond donors (Lipinski definition) is 3. The molecule has 1 fully saturated rings. The molecular weight excluding hydrogens is 254 g/mol. The standard InChI is InChI=1S/C15H23N3O2/c1-2-15(7-8-15)11-17-9-10-20-13-5-3-12(4-6-13)14(16)18-19/h3-6,17,19H,2,7-11H2,1H3,(H2,16,18). The molecule has 2 rings (SSSR count). The zero-order valence-corrected chi connectivity index (χ0v) is 11.9. The third-order valence-corrected chi connectivity index (χ3v) is 4.01. The largest absolute Gasteiger partial charge is 0.492 e. The van der Waals surface area contributed by atoms with Gasteiger partial charge in [0, 0.05) is 18.7 Å². The molecule has 1 aromatic rings. The Balaban J connectivity index is 1.66. The Morgan fingerprint density at radius 3 is 2.65 bits per heavy atom. The minimum absolute atomic E-state index is 0.104. The van der Waals surface area contributed by atoms with Gasteiger partial charge in [0.2, 0.25) is 0 Å². The molecule has 0 saturated heterocycles. The topological polar surface area (TPSA) is 79.9 Å². The molecule has 0 spiro atoms. The second-order valence-electron chi connectivity index (χ2n) is 5.39. The molecule has 0 bridgehead atoms. The molecule has 5 nitrogen and oxygen atoms in total. The Hall–Kier alpha value is -1.75. The summed E-state index contributed by atoms with van der Waals surface area (Å²) in [6, 6.07) is 7.19. The van der Waals surface area contributed by atoms with E-state index >= 15 is 0 Å². The van der Waals surface area contributed by atoms with E-state index in [9.17, 15) is 0 Å². The van der Waals surface area contributed by atoms with E-state index in [1.807, 2.05) is 12.1 Å². The van der Waals surface area contributed by atoms with Gasteiger partial charge in [0.25, 0.3) is 0 Å². The van der Waals surface area contributed by atoms with Gasteiger partial charge < -0.3 is 21.0 Å². The molecule has 20 heavy (non-hydrogen) atoms. The molecule has 1 aromatic carbocycles. The summed E-state index contributed by atoms with van der Waals surface area (Å²) in [5.41, 5.74) is 6.74. The molecule has 0 atom stereocenters. The third-order valence-electron chi connectivity index (χ3n) is 4.01. The van der Waals surface area contributed by atoms with Crippen molar-refractivity contribution in [1.82, 2.24) is 5.32 Å². The van der Waals surface area contributed by atoms with E-state index in [0.29, 0.717) is 17.6 Å². The first-order valence-electron chi connectivity index (χ1n) is 7.10. The van der Waals surface area contributed by atoms with Crippen LogP contribution in [0.25, 0.3) is 0 Å². The second kappa shape index (κ2) is 6.61. The minimum Gasteiger partial charge on any atom is -0.492 e. The van der Waals surface area contributed by atoms with Gasteiger partial charge in [-0.15, -0.1) is 0 Å². The molecule has 0 aliphatic heterocycles. The molecule has 0 amide bonds. The number of nitrogens with two attached hydrogens (primary N) is 1. The highest BCUT2D eigenvalue weighted by Crippen LogP contribution is 2.47. The van der Waals surface area contributed by atoms with Crippen LogP contribution < -0.4 is 15.8 Å². The quantitative estimate of drug-likeness (QED) is 0.223.